The quantitative estimate of drug-likeness (QED) is 0.932. The minimum absolute atomic E-state index is 0.0857. The van der Waals surface area contributed by atoms with Crippen molar-refractivity contribution in [3.8, 4) is 5.75 Å². The predicted molar refractivity (Wildman–Crippen MR) is 93.0 cm³/mol. The number of hydrogen-bond acceptors (Lipinski definition) is 3. The standard InChI is InChI=1S/C19H22N2O2/c1-13(2)12-21-17-10-9-15(23-3)11-16(17)20-18(19(21)22)14-7-5-4-6-8-14/h4-11,13,18,20H,12H2,1-3H3. The van der Waals surface area contributed by atoms with E-state index in [1.165, 1.54) is 0 Å². The van der Waals surface area contributed by atoms with Crippen molar-refractivity contribution >= 4 is 17.3 Å². The molecule has 0 fully saturated rings. The smallest absolute Gasteiger partial charge is 0.254 e. The zero-order valence-electron chi connectivity index (χ0n) is 13.7. The van der Waals surface area contributed by atoms with Crippen LogP contribution in [0.1, 0.15) is 25.5 Å². The van der Waals surface area contributed by atoms with Gasteiger partial charge in [-0.3, -0.25) is 4.79 Å². The van der Waals surface area contributed by atoms with Gasteiger partial charge < -0.3 is 15.0 Å². The number of methoxy groups -OCH3 is 1. The number of benzene rings is 2. The minimum atomic E-state index is -0.366. The van der Waals surface area contributed by atoms with Gasteiger partial charge in [0.2, 0.25) is 0 Å². The van der Waals surface area contributed by atoms with Gasteiger partial charge in [0, 0.05) is 12.6 Å². The van der Waals surface area contributed by atoms with Gasteiger partial charge in [-0.25, -0.2) is 0 Å². The Bertz CT molecular complexity index is 698. The van der Waals surface area contributed by atoms with E-state index in [2.05, 4.69) is 19.2 Å². The summed E-state index contributed by atoms with van der Waals surface area (Å²) in [6.45, 7) is 4.94. The van der Waals surface area contributed by atoms with E-state index in [1.54, 1.807) is 7.11 Å². The highest BCUT2D eigenvalue weighted by atomic mass is 16.5. The molecule has 0 spiro atoms. The van der Waals surface area contributed by atoms with Crippen molar-refractivity contribution < 1.29 is 9.53 Å². The van der Waals surface area contributed by atoms with Crippen LogP contribution in [-0.2, 0) is 4.79 Å². The Morgan fingerprint density at radius 1 is 1.17 bits per heavy atom. The first-order valence-electron chi connectivity index (χ1n) is 7.91. The molecule has 4 nitrogen and oxygen atoms in total. The summed E-state index contributed by atoms with van der Waals surface area (Å²) in [6.07, 6.45) is 0. The minimum Gasteiger partial charge on any atom is -0.497 e. The third-order valence-corrected chi connectivity index (χ3v) is 3.99. The van der Waals surface area contributed by atoms with Crippen LogP contribution in [0.3, 0.4) is 0 Å². The van der Waals surface area contributed by atoms with Crippen molar-refractivity contribution in [2.75, 3.05) is 23.9 Å². The molecule has 2 aromatic rings. The molecule has 0 bridgehead atoms. The van der Waals surface area contributed by atoms with E-state index in [0.717, 1.165) is 22.7 Å². The zero-order chi connectivity index (χ0) is 16.4. The van der Waals surface area contributed by atoms with E-state index in [4.69, 9.17) is 4.74 Å². The van der Waals surface area contributed by atoms with Crippen LogP contribution in [0.5, 0.6) is 5.75 Å². The summed E-state index contributed by atoms with van der Waals surface area (Å²) in [5.41, 5.74) is 2.81. The molecule has 23 heavy (non-hydrogen) atoms. The average molecular weight is 310 g/mol. The molecular formula is C19H22N2O2. The van der Waals surface area contributed by atoms with E-state index in [-0.39, 0.29) is 11.9 Å². The number of fused-ring (bicyclic) bond motifs is 1. The molecule has 0 saturated heterocycles. The lowest BCUT2D eigenvalue weighted by Gasteiger charge is -2.36. The van der Waals surface area contributed by atoms with Crippen LogP contribution in [0.2, 0.25) is 0 Å². The van der Waals surface area contributed by atoms with Crippen LogP contribution < -0.4 is 15.0 Å². The van der Waals surface area contributed by atoms with Gasteiger partial charge in [-0.05, 0) is 23.6 Å². The van der Waals surface area contributed by atoms with Crippen molar-refractivity contribution in [2.24, 2.45) is 5.92 Å². The lowest BCUT2D eigenvalue weighted by atomic mass is 10.00. The number of ether oxygens (including phenoxy) is 1. The number of nitrogens with one attached hydrogen (secondary N) is 1. The van der Waals surface area contributed by atoms with Crippen LogP contribution in [-0.4, -0.2) is 19.6 Å². The number of carbonyl (C=O) groups excluding carboxylic acids is 1. The summed E-state index contributed by atoms with van der Waals surface area (Å²) in [7, 11) is 1.65. The lowest BCUT2D eigenvalue weighted by molar-refractivity contribution is -0.119. The maximum Gasteiger partial charge on any atom is 0.254 e. The number of nitrogens with zero attached hydrogens (tertiary/aromatic N) is 1. The van der Waals surface area contributed by atoms with Gasteiger partial charge in [0.1, 0.15) is 11.8 Å². The highest BCUT2D eigenvalue weighted by Gasteiger charge is 2.33. The summed E-state index contributed by atoms with van der Waals surface area (Å²) in [5.74, 6) is 1.26. The number of hydrogen-bond donors (Lipinski definition) is 1. The topological polar surface area (TPSA) is 41.6 Å². The molecule has 1 amide bonds. The molecule has 120 valence electrons. The highest BCUT2D eigenvalue weighted by Crippen LogP contribution is 2.39. The molecule has 1 N–H and O–H groups in total. The van der Waals surface area contributed by atoms with Crippen LogP contribution in [0.15, 0.2) is 48.5 Å². The third kappa shape index (κ3) is 3.02. The zero-order valence-corrected chi connectivity index (χ0v) is 13.7. The maximum atomic E-state index is 13.0. The molecule has 3 rings (SSSR count). The number of anilines is 2. The van der Waals surface area contributed by atoms with Gasteiger partial charge in [0.15, 0.2) is 0 Å². The van der Waals surface area contributed by atoms with Crippen molar-refractivity contribution in [1.82, 2.24) is 0 Å². The fourth-order valence-corrected chi connectivity index (χ4v) is 2.91. The van der Waals surface area contributed by atoms with E-state index >= 15 is 0 Å². The first kappa shape index (κ1) is 15.4. The molecule has 1 aliphatic heterocycles. The van der Waals surface area contributed by atoms with Crippen molar-refractivity contribution in [3.05, 3.63) is 54.1 Å². The summed E-state index contributed by atoms with van der Waals surface area (Å²) < 4.78 is 5.32. The van der Waals surface area contributed by atoms with Gasteiger partial charge in [0.05, 0.1) is 18.5 Å². The monoisotopic (exact) mass is 310 g/mol. The molecule has 4 heteroatoms. The van der Waals surface area contributed by atoms with Crippen LogP contribution in [0.4, 0.5) is 11.4 Å². The molecule has 1 unspecified atom stereocenters. The van der Waals surface area contributed by atoms with Crippen LogP contribution >= 0.6 is 0 Å². The average Bonchev–Trinajstić information content (AvgIpc) is 2.57. The molecule has 1 heterocycles. The summed E-state index contributed by atoms with van der Waals surface area (Å²) in [5, 5.41) is 3.37. The first-order valence-corrected chi connectivity index (χ1v) is 7.91. The molecule has 0 aromatic heterocycles. The van der Waals surface area contributed by atoms with E-state index in [0.29, 0.717) is 12.5 Å². The van der Waals surface area contributed by atoms with Gasteiger partial charge in [-0.1, -0.05) is 44.2 Å². The molecule has 0 aliphatic carbocycles. The Morgan fingerprint density at radius 3 is 2.57 bits per heavy atom. The predicted octanol–water partition coefficient (Wildman–Crippen LogP) is 3.85. The van der Waals surface area contributed by atoms with Gasteiger partial charge in [0.25, 0.3) is 5.91 Å². The van der Waals surface area contributed by atoms with Crippen molar-refractivity contribution in [2.45, 2.75) is 19.9 Å². The molecule has 1 atom stereocenters. The van der Waals surface area contributed by atoms with Crippen molar-refractivity contribution in [3.63, 3.8) is 0 Å². The molecule has 0 saturated carbocycles. The molecular weight excluding hydrogens is 288 g/mol. The Balaban J connectivity index is 2.04. The second-order valence-electron chi connectivity index (χ2n) is 6.21. The van der Waals surface area contributed by atoms with Crippen LogP contribution in [0.25, 0.3) is 0 Å². The fourth-order valence-electron chi connectivity index (χ4n) is 2.91. The second-order valence-corrected chi connectivity index (χ2v) is 6.21. The number of carbonyl (C=O) groups is 1. The SMILES string of the molecule is COc1ccc2c(c1)NC(c1ccccc1)C(=O)N2CC(C)C. The summed E-state index contributed by atoms with van der Waals surface area (Å²) in [6, 6.07) is 15.3. The second kappa shape index (κ2) is 6.32. The first-order chi connectivity index (χ1) is 11.1. The van der Waals surface area contributed by atoms with E-state index < -0.39 is 0 Å². The number of rotatable bonds is 4. The molecule has 0 radical (unpaired) electrons. The Morgan fingerprint density at radius 2 is 1.91 bits per heavy atom. The van der Waals surface area contributed by atoms with Crippen LogP contribution in [0, 0.1) is 5.92 Å². The highest BCUT2D eigenvalue weighted by molar-refractivity contribution is 6.05. The van der Waals surface area contributed by atoms with Gasteiger partial charge >= 0.3 is 0 Å². The van der Waals surface area contributed by atoms with E-state index in [1.807, 2.05) is 53.4 Å². The third-order valence-electron chi connectivity index (χ3n) is 3.99. The van der Waals surface area contributed by atoms with E-state index in [9.17, 15) is 4.79 Å². The Hall–Kier alpha value is -2.49. The lowest BCUT2D eigenvalue weighted by Crippen LogP contribution is -2.44. The maximum absolute atomic E-state index is 13.0. The Labute approximate surface area is 137 Å². The summed E-state index contributed by atoms with van der Waals surface area (Å²) >= 11 is 0. The Kier molecular flexibility index (Phi) is 4.24. The normalized spacial score (nSPS) is 17.0. The van der Waals surface area contributed by atoms with Gasteiger partial charge in [-0.15, -0.1) is 0 Å². The van der Waals surface area contributed by atoms with Gasteiger partial charge in [-0.2, -0.15) is 0 Å². The fraction of sp³-hybridized carbons (Fsp3) is 0.316. The number of amides is 1. The molecule has 1 aliphatic rings. The largest absolute Gasteiger partial charge is 0.497 e. The molecule has 2 aromatic carbocycles. The van der Waals surface area contributed by atoms with Crippen molar-refractivity contribution in [1.29, 1.82) is 0 Å². The summed E-state index contributed by atoms with van der Waals surface area (Å²) in [4.78, 5) is 14.9.